The van der Waals surface area contributed by atoms with Crippen LogP contribution < -0.4 is 15.4 Å². The van der Waals surface area contributed by atoms with Gasteiger partial charge in [0.05, 0.1) is 6.54 Å². The van der Waals surface area contributed by atoms with Crippen molar-refractivity contribution in [3.8, 4) is 5.75 Å². The van der Waals surface area contributed by atoms with E-state index in [0.29, 0.717) is 12.5 Å². The van der Waals surface area contributed by atoms with Crippen molar-refractivity contribution in [1.82, 2.24) is 5.32 Å². The lowest BCUT2D eigenvalue weighted by atomic mass is 10.1. The van der Waals surface area contributed by atoms with E-state index in [1.807, 2.05) is 36.4 Å². The molecule has 0 aliphatic heterocycles. The summed E-state index contributed by atoms with van der Waals surface area (Å²) in [5.41, 5.74) is 2.34. The van der Waals surface area contributed by atoms with Crippen LogP contribution in [-0.4, -0.2) is 25.6 Å². The van der Waals surface area contributed by atoms with E-state index in [4.69, 9.17) is 4.74 Å². The quantitative estimate of drug-likeness (QED) is 0.696. The molecule has 2 aromatic carbocycles. The number of hydrogen-bond donors (Lipinski definition) is 2. The monoisotopic (exact) mass is 341 g/mol. The number of rotatable bonds is 10. The summed E-state index contributed by atoms with van der Waals surface area (Å²) in [5.74, 6) is 1.36. The Kier molecular flexibility index (Phi) is 7.99. The Balaban J connectivity index is 1.73. The lowest BCUT2D eigenvalue weighted by molar-refractivity contribution is -0.675. The van der Waals surface area contributed by atoms with Gasteiger partial charge in [-0.3, -0.25) is 4.79 Å². The Morgan fingerprint density at radius 3 is 2.56 bits per heavy atom. The summed E-state index contributed by atoms with van der Waals surface area (Å²) in [6.07, 6.45) is 0.827. The van der Waals surface area contributed by atoms with Gasteiger partial charge < -0.3 is 15.4 Å². The molecule has 0 unspecified atom stereocenters. The smallest absolute Gasteiger partial charge is 0.257 e. The highest BCUT2D eigenvalue weighted by molar-refractivity contribution is 5.77. The molecule has 134 valence electrons. The minimum absolute atomic E-state index is 0.0516. The lowest BCUT2D eigenvalue weighted by Crippen LogP contribution is -2.83. The number of ether oxygens (including phenoxy) is 1. The molecule has 0 aromatic heterocycles. The van der Waals surface area contributed by atoms with Crippen LogP contribution in [0.1, 0.15) is 25.0 Å². The maximum Gasteiger partial charge on any atom is 0.257 e. The van der Waals surface area contributed by atoms with Crippen molar-refractivity contribution in [2.45, 2.75) is 26.8 Å². The lowest BCUT2D eigenvalue weighted by Gasteiger charge is -2.11. The maximum absolute atomic E-state index is 12.0. The Morgan fingerprint density at radius 1 is 1.08 bits per heavy atom. The van der Waals surface area contributed by atoms with Crippen molar-refractivity contribution in [1.29, 1.82) is 0 Å². The van der Waals surface area contributed by atoms with Gasteiger partial charge in [-0.15, -0.1) is 0 Å². The molecule has 0 aliphatic carbocycles. The minimum Gasteiger partial charge on any atom is -0.483 e. The van der Waals surface area contributed by atoms with Gasteiger partial charge in [-0.1, -0.05) is 56.3 Å². The van der Waals surface area contributed by atoms with Gasteiger partial charge in [-0.2, -0.15) is 0 Å². The van der Waals surface area contributed by atoms with E-state index < -0.39 is 0 Å². The summed E-state index contributed by atoms with van der Waals surface area (Å²) in [7, 11) is 0. The van der Waals surface area contributed by atoms with E-state index in [2.05, 4.69) is 42.7 Å². The largest absolute Gasteiger partial charge is 0.483 e. The second kappa shape index (κ2) is 10.5. The minimum atomic E-state index is -0.0862. The molecule has 0 spiro atoms. The Morgan fingerprint density at radius 2 is 1.80 bits per heavy atom. The Labute approximate surface area is 150 Å². The van der Waals surface area contributed by atoms with E-state index in [-0.39, 0.29) is 12.5 Å². The molecule has 0 radical (unpaired) electrons. The molecule has 0 atom stereocenters. The number of carbonyl (C=O) groups is 1. The number of quaternary nitrogens is 1. The highest BCUT2D eigenvalue weighted by Crippen LogP contribution is 2.16. The molecule has 0 saturated heterocycles. The number of benzene rings is 2. The summed E-state index contributed by atoms with van der Waals surface area (Å²) in [5, 5.41) is 5.18. The zero-order valence-corrected chi connectivity index (χ0v) is 15.2. The van der Waals surface area contributed by atoms with E-state index in [9.17, 15) is 4.79 Å². The Bertz CT molecular complexity index is 641. The van der Waals surface area contributed by atoms with Gasteiger partial charge in [0.15, 0.2) is 6.61 Å². The number of para-hydroxylation sites is 1. The number of amides is 1. The first-order chi connectivity index (χ1) is 12.1. The first kappa shape index (κ1) is 19.0. The normalized spacial score (nSPS) is 10.7. The standard InChI is InChI=1S/C21H28N2O2/c1-17(2)14-22-15-19-10-6-7-11-20(19)25-16-21(24)23-13-12-18-8-4-3-5-9-18/h3-11,17,22H,12-16H2,1-2H3,(H,23,24)/p+1. The van der Waals surface area contributed by atoms with Crippen molar-refractivity contribution in [3.05, 3.63) is 65.7 Å². The molecule has 2 aromatic rings. The number of hydrogen-bond acceptors (Lipinski definition) is 2. The molecule has 2 rings (SSSR count). The van der Waals surface area contributed by atoms with Crippen molar-refractivity contribution in [2.75, 3.05) is 19.7 Å². The van der Waals surface area contributed by atoms with Crippen LogP contribution in [-0.2, 0) is 17.8 Å². The molecule has 25 heavy (non-hydrogen) atoms. The van der Waals surface area contributed by atoms with Crippen LogP contribution in [0.4, 0.5) is 0 Å². The molecule has 4 nitrogen and oxygen atoms in total. The summed E-state index contributed by atoms with van der Waals surface area (Å²) in [4.78, 5) is 12.0. The van der Waals surface area contributed by atoms with Crippen molar-refractivity contribution >= 4 is 5.91 Å². The van der Waals surface area contributed by atoms with Crippen molar-refractivity contribution in [3.63, 3.8) is 0 Å². The number of nitrogens with two attached hydrogens (primary N) is 1. The predicted octanol–water partition coefficient (Wildman–Crippen LogP) is 2.14. The molecule has 3 N–H and O–H groups in total. The van der Waals surface area contributed by atoms with Crippen LogP contribution >= 0.6 is 0 Å². The second-order valence-corrected chi connectivity index (χ2v) is 6.60. The van der Waals surface area contributed by atoms with Crippen LogP contribution in [0.15, 0.2) is 54.6 Å². The summed E-state index contributed by atoms with van der Waals surface area (Å²) < 4.78 is 5.73. The average molecular weight is 341 g/mol. The van der Waals surface area contributed by atoms with E-state index in [0.717, 1.165) is 30.8 Å². The third kappa shape index (κ3) is 7.40. The zero-order chi connectivity index (χ0) is 17.9. The molecule has 1 amide bonds. The van der Waals surface area contributed by atoms with Gasteiger partial charge in [0, 0.05) is 18.0 Å². The second-order valence-electron chi connectivity index (χ2n) is 6.60. The average Bonchev–Trinajstić information content (AvgIpc) is 2.61. The third-order valence-corrected chi connectivity index (χ3v) is 3.91. The van der Waals surface area contributed by atoms with Crippen LogP contribution in [0, 0.1) is 5.92 Å². The van der Waals surface area contributed by atoms with Crippen LogP contribution in [0.3, 0.4) is 0 Å². The van der Waals surface area contributed by atoms with Crippen molar-refractivity contribution in [2.24, 2.45) is 5.92 Å². The first-order valence-corrected chi connectivity index (χ1v) is 8.98. The summed E-state index contributed by atoms with van der Waals surface area (Å²) >= 11 is 0. The number of carbonyl (C=O) groups excluding carboxylic acids is 1. The predicted molar refractivity (Wildman–Crippen MR) is 100 cm³/mol. The topological polar surface area (TPSA) is 54.9 Å². The fraction of sp³-hybridized carbons (Fsp3) is 0.381. The first-order valence-electron chi connectivity index (χ1n) is 8.98. The molecule has 4 heteroatoms. The van der Waals surface area contributed by atoms with Gasteiger partial charge in [-0.25, -0.2) is 0 Å². The molecule has 0 aliphatic rings. The fourth-order valence-electron chi connectivity index (χ4n) is 2.57. The molecule has 0 bridgehead atoms. The van der Waals surface area contributed by atoms with Gasteiger partial charge in [0.2, 0.25) is 0 Å². The molecular weight excluding hydrogens is 312 g/mol. The van der Waals surface area contributed by atoms with Gasteiger partial charge in [0.1, 0.15) is 12.3 Å². The zero-order valence-electron chi connectivity index (χ0n) is 15.2. The van der Waals surface area contributed by atoms with E-state index >= 15 is 0 Å². The van der Waals surface area contributed by atoms with Crippen molar-refractivity contribution < 1.29 is 14.8 Å². The van der Waals surface area contributed by atoms with Crippen LogP contribution in [0.2, 0.25) is 0 Å². The van der Waals surface area contributed by atoms with E-state index in [1.165, 1.54) is 5.56 Å². The van der Waals surface area contributed by atoms with Crippen LogP contribution in [0.25, 0.3) is 0 Å². The van der Waals surface area contributed by atoms with E-state index in [1.54, 1.807) is 0 Å². The number of nitrogens with one attached hydrogen (secondary N) is 1. The maximum atomic E-state index is 12.0. The highest BCUT2D eigenvalue weighted by Gasteiger charge is 2.08. The summed E-state index contributed by atoms with van der Waals surface area (Å²) in [6.45, 7) is 7.03. The van der Waals surface area contributed by atoms with Gasteiger partial charge >= 0.3 is 0 Å². The highest BCUT2D eigenvalue weighted by atomic mass is 16.5. The van der Waals surface area contributed by atoms with Gasteiger partial charge in [-0.05, 0) is 24.1 Å². The fourth-order valence-corrected chi connectivity index (χ4v) is 2.57. The molecule has 0 heterocycles. The Hall–Kier alpha value is -2.33. The third-order valence-electron chi connectivity index (χ3n) is 3.91. The summed E-state index contributed by atoms with van der Waals surface area (Å²) in [6, 6.07) is 18.1. The molecular formula is C21H29N2O2+. The molecule has 0 fully saturated rings. The SMILES string of the molecule is CC(C)C[NH2+]Cc1ccccc1OCC(=O)NCCc1ccccc1. The molecule has 0 saturated carbocycles. The van der Waals surface area contributed by atoms with Gasteiger partial charge in [0.25, 0.3) is 5.91 Å². The van der Waals surface area contributed by atoms with Crippen LogP contribution in [0.5, 0.6) is 5.75 Å².